The Bertz CT molecular complexity index is 606. The zero-order valence-corrected chi connectivity index (χ0v) is 10.4. The van der Waals surface area contributed by atoms with E-state index in [2.05, 4.69) is 20.3 Å². The Hall–Kier alpha value is -2.19. The van der Waals surface area contributed by atoms with E-state index in [1.54, 1.807) is 12.3 Å². The molecule has 0 aliphatic carbocycles. The van der Waals surface area contributed by atoms with Crippen LogP contribution in [0.15, 0.2) is 24.5 Å². The second-order valence-corrected chi connectivity index (χ2v) is 3.96. The first-order valence-corrected chi connectivity index (χ1v) is 5.65. The van der Waals surface area contributed by atoms with Crippen LogP contribution in [0.25, 0.3) is 0 Å². The molecular weight excluding hydrogens is 250 g/mol. The molecule has 0 saturated heterocycles. The Morgan fingerprint density at radius 1 is 1.33 bits per heavy atom. The van der Waals surface area contributed by atoms with Crippen molar-refractivity contribution in [2.24, 2.45) is 0 Å². The predicted molar refractivity (Wildman–Crippen MR) is 68.1 cm³/mol. The molecule has 2 aromatic rings. The maximum atomic E-state index is 8.85. The third kappa shape index (κ3) is 2.73. The van der Waals surface area contributed by atoms with Crippen LogP contribution in [0.1, 0.15) is 17.1 Å². The Labute approximate surface area is 109 Å². The van der Waals surface area contributed by atoms with Crippen LogP contribution in [0.3, 0.4) is 0 Å². The number of hydrogen-bond donors (Lipinski definition) is 1. The van der Waals surface area contributed by atoms with Crippen LogP contribution in [-0.2, 0) is 6.54 Å². The molecule has 0 unspecified atom stereocenters. The van der Waals surface area contributed by atoms with Crippen molar-refractivity contribution in [2.75, 3.05) is 5.32 Å². The summed E-state index contributed by atoms with van der Waals surface area (Å²) < 4.78 is 0. The highest BCUT2D eigenvalue weighted by molar-refractivity contribution is 6.34. The van der Waals surface area contributed by atoms with Crippen molar-refractivity contribution in [2.45, 2.75) is 13.5 Å². The normalized spacial score (nSPS) is 9.83. The first-order valence-electron chi connectivity index (χ1n) is 5.27. The fraction of sp³-hybridized carbons (Fsp3) is 0.167. The molecule has 90 valence electrons. The van der Waals surface area contributed by atoms with Crippen LogP contribution in [0.2, 0.25) is 5.02 Å². The molecule has 0 aromatic carbocycles. The van der Waals surface area contributed by atoms with Gasteiger partial charge in [0.1, 0.15) is 22.7 Å². The van der Waals surface area contributed by atoms with Gasteiger partial charge in [0, 0.05) is 12.4 Å². The summed E-state index contributed by atoms with van der Waals surface area (Å²) in [5, 5.41) is 12.2. The molecule has 5 nitrogen and oxygen atoms in total. The average Bonchev–Trinajstić information content (AvgIpc) is 2.38. The largest absolute Gasteiger partial charge is 0.363 e. The number of aryl methyl sites for hydroxylation is 1. The highest BCUT2D eigenvalue weighted by atomic mass is 35.5. The lowest BCUT2D eigenvalue weighted by Crippen LogP contribution is -2.05. The maximum Gasteiger partial charge on any atom is 0.146 e. The van der Waals surface area contributed by atoms with Crippen molar-refractivity contribution in [1.29, 1.82) is 5.26 Å². The van der Waals surface area contributed by atoms with Gasteiger partial charge in [-0.05, 0) is 19.1 Å². The molecular formula is C12H10ClN5. The number of halogens is 1. The van der Waals surface area contributed by atoms with Gasteiger partial charge >= 0.3 is 0 Å². The summed E-state index contributed by atoms with van der Waals surface area (Å²) >= 11 is 6.03. The molecule has 0 aliphatic rings. The number of nitrogens with one attached hydrogen (secondary N) is 1. The third-order valence-electron chi connectivity index (χ3n) is 2.28. The lowest BCUT2D eigenvalue weighted by molar-refractivity contribution is 0.950. The van der Waals surface area contributed by atoms with Gasteiger partial charge in [0.15, 0.2) is 0 Å². The average molecular weight is 260 g/mol. The molecule has 1 N–H and O–H groups in total. The fourth-order valence-electron chi connectivity index (χ4n) is 1.43. The minimum atomic E-state index is 0.325. The first kappa shape index (κ1) is 12.3. The summed E-state index contributed by atoms with van der Waals surface area (Å²) in [5.74, 6) is 1.19. The number of hydrogen-bond acceptors (Lipinski definition) is 5. The highest BCUT2D eigenvalue weighted by Crippen LogP contribution is 2.22. The van der Waals surface area contributed by atoms with Crippen LogP contribution < -0.4 is 5.32 Å². The van der Waals surface area contributed by atoms with Crippen LogP contribution in [0.5, 0.6) is 0 Å². The molecule has 0 bridgehead atoms. The minimum Gasteiger partial charge on any atom is -0.363 e. The van der Waals surface area contributed by atoms with Gasteiger partial charge in [-0.25, -0.2) is 15.0 Å². The van der Waals surface area contributed by atoms with Crippen LogP contribution >= 0.6 is 11.6 Å². The molecule has 0 spiro atoms. The Morgan fingerprint density at radius 3 is 2.83 bits per heavy atom. The number of rotatable bonds is 3. The quantitative estimate of drug-likeness (QED) is 0.916. The lowest BCUT2D eigenvalue weighted by Gasteiger charge is -2.07. The number of aromatic nitrogens is 3. The molecule has 0 amide bonds. The van der Waals surface area contributed by atoms with E-state index in [9.17, 15) is 0 Å². The van der Waals surface area contributed by atoms with Gasteiger partial charge in [-0.2, -0.15) is 5.26 Å². The molecule has 6 heteroatoms. The maximum absolute atomic E-state index is 8.85. The summed E-state index contributed by atoms with van der Waals surface area (Å²) in [6.45, 7) is 2.30. The number of pyridine rings is 1. The monoisotopic (exact) mass is 259 g/mol. The Morgan fingerprint density at radius 2 is 2.11 bits per heavy atom. The second kappa shape index (κ2) is 5.43. The second-order valence-electron chi connectivity index (χ2n) is 3.58. The van der Waals surface area contributed by atoms with Crippen molar-refractivity contribution >= 4 is 17.4 Å². The standard InChI is InChI=1S/C12H10ClN5/c1-8-15-5-3-10(18-8)7-17-12-11(13)9(6-14)2-4-16-12/h2-5H,7H2,1H3,(H,16,17). The molecule has 0 aliphatic heterocycles. The fourth-order valence-corrected chi connectivity index (χ4v) is 1.65. The van der Waals surface area contributed by atoms with Crippen molar-refractivity contribution in [3.63, 3.8) is 0 Å². The van der Waals surface area contributed by atoms with Gasteiger partial charge in [0.25, 0.3) is 0 Å². The van der Waals surface area contributed by atoms with Gasteiger partial charge in [-0.15, -0.1) is 0 Å². The molecule has 0 saturated carbocycles. The zero-order chi connectivity index (χ0) is 13.0. The van der Waals surface area contributed by atoms with E-state index in [0.717, 1.165) is 5.69 Å². The van der Waals surface area contributed by atoms with Gasteiger partial charge in [0.2, 0.25) is 0 Å². The molecule has 0 fully saturated rings. The number of nitriles is 1. The summed E-state index contributed by atoms with van der Waals surface area (Å²) in [5.41, 5.74) is 1.23. The van der Waals surface area contributed by atoms with E-state index in [-0.39, 0.29) is 0 Å². The summed E-state index contributed by atoms with van der Waals surface area (Å²) in [6, 6.07) is 5.38. The SMILES string of the molecule is Cc1nccc(CNc2nccc(C#N)c2Cl)n1. The van der Waals surface area contributed by atoms with E-state index < -0.39 is 0 Å². The Kier molecular flexibility index (Phi) is 3.70. The summed E-state index contributed by atoms with van der Waals surface area (Å²) in [7, 11) is 0. The van der Waals surface area contributed by atoms with Crippen LogP contribution in [0, 0.1) is 18.3 Å². The van der Waals surface area contributed by atoms with E-state index in [1.165, 1.54) is 6.20 Å². The van der Waals surface area contributed by atoms with Crippen molar-refractivity contribution < 1.29 is 0 Å². The molecule has 2 aromatic heterocycles. The predicted octanol–water partition coefficient (Wildman–Crippen LogP) is 2.32. The molecule has 18 heavy (non-hydrogen) atoms. The van der Waals surface area contributed by atoms with E-state index >= 15 is 0 Å². The van der Waals surface area contributed by atoms with Crippen molar-refractivity contribution in [3.8, 4) is 6.07 Å². The minimum absolute atomic E-state index is 0.325. The Balaban J connectivity index is 2.14. The highest BCUT2D eigenvalue weighted by Gasteiger charge is 2.06. The molecule has 2 rings (SSSR count). The van der Waals surface area contributed by atoms with E-state index in [4.69, 9.17) is 16.9 Å². The number of anilines is 1. The van der Waals surface area contributed by atoms with Crippen LogP contribution in [0.4, 0.5) is 5.82 Å². The summed E-state index contributed by atoms with van der Waals surface area (Å²) in [6.07, 6.45) is 3.23. The topological polar surface area (TPSA) is 74.5 Å². The van der Waals surface area contributed by atoms with Gasteiger partial charge in [-0.1, -0.05) is 11.6 Å². The van der Waals surface area contributed by atoms with E-state index in [1.807, 2.05) is 19.1 Å². The van der Waals surface area contributed by atoms with Crippen LogP contribution in [-0.4, -0.2) is 15.0 Å². The van der Waals surface area contributed by atoms with Gasteiger partial charge in [0.05, 0.1) is 17.8 Å². The molecule has 0 atom stereocenters. The molecule has 0 radical (unpaired) electrons. The van der Waals surface area contributed by atoms with Crippen molar-refractivity contribution in [3.05, 3.63) is 46.6 Å². The number of nitrogens with zero attached hydrogens (tertiary/aromatic N) is 4. The summed E-state index contributed by atoms with van der Waals surface area (Å²) in [4.78, 5) is 12.4. The zero-order valence-electron chi connectivity index (χ0n) is 9.68. The molecule has 2 heterocycles. The first-order chi connectivity index (χ1) is 8.70. The lowest BCUT2D eigenvalue weighted by atomic mass is 10.3. The van der Waals surface area contributed by atoms with Gasteiger partial charge in [-0.3, -0.25) is 0 Å². The van der Waals surface area contributed by atoms with Gasteiger partial charge < -0.3 is 5.32 Å². The van der Waals surface area contributed by atoms with E-state index in [0.29, 0.717) is 28.8 Å². The smallest absolute Gasteiger partial charge is 0.146 e. The van der Waals surface area contributed by atoms with Crippen molar-refractivity contribution in [1.82, 2.24) is 15.0 Å². The third-order valence-corrected chi connectivity index (χ3v) is 2.66.